The number of carboxylic acid groups (broad SMARTS) is 2. The third-order valence-electron chi connectivity index (χ3n) is 6.15. The Morgan fingerprint density at radius 2 is 1.55 bits per heavy atom. The van der Waals surface area contributed by atoms with E-state index in [1.54, 1.807) is 18.2 Å². The van der Waals surface area contributed by atoms with Crippen molar-refractivity contribution in [1.82, 2.24) is 4.90 Å². The minimum absolute atomic E-state index is 0.252. The zero-order valence-corrected chi connectivity index (χ0v) is 22.2. The van der Waals surface area contributed by atoms with Crippen molar-refractivity contribution < 1.29 is 33.0 Å². The SMILES string of the molecule is Cc1ccc(C)c(N2CCN(C(=NCc3ccccc3)Nc3cccc(C(=O)O)c3)CC2)c1.O=C(O)C(F)(F)F. The molecule has 0 amide bonds. The van der Waals surface area contributed by atoms with E-state index in [9.17, 15) is 23.1 Å². The first-order valence-electron chi connectivity index (χ1n) is 12.5. The third kappa shape index (κ3) is 8.75. The highest BCUT2D eigenvalue weighted by Crippen LogP contribution is 2.23. The summed E-state index contributed by atoms with van der Waals surface area (Å²) in [5.41, 5.74) is 5.95. The standard InChI is InChI=1S/C27H30N4O2.C2HF3O2/c1-20-11-12-21(2)25(17-20)30-13-15-31(16-14-30)27(28-19-22-7-4-3-5-8-22)29-24-10-6-9-23(18-24)26(32)33;3-2(4,5)1(6)7/h3-12,17-18H,13-16,19H2,1-2H3,(H,28,29)(H,32,33);(H,6,7). The average molecular weight is 557 g/mol. The zero-order valence-electron chi connectivity index (χ0n) is 22.2. The minimum Gasteiger partial charge on any atom is -0.478 e. The fourth-order valence-electron chi connectivity index (χ4n) is 4.05. The molecule has 0 bridgehead atoms. The summed E-state index contributed by atoms with van der Waals surface area (Å²) in [7, 11) is 0. The highest BCUT2D eigenvalue weighted by Gasteiger charge is 2.38. The number of carboxylic acids is 2. The Morgan fingerprint density at radius 3 is 2.15 bits per heavy atom. The second kappa shape index (κ2) is 13.5. The number of benzene rings is 3. The molecule has 8 nitrogen and oxygen atoms in total. The Balaban J connectivity index is 0.000000559. The van der Waals surface area contributed by atoms with Gasteiger partial charge in [0.15, 0.2) is 5.96 Å². The number of guanidine groups is 1. The topological polar surface area (TPSA) is 105 Å². The van der Waals surface area contributed by atoms with Crippen molar-refractivity contribution in [2.75, 3.05) is 36.4 Å². The van der Waals surface area contributed by atoms with Crippen LogP contribution in [0.4, 0.5) is 24.5 Å². The molecule has 0 aromatic heterocycles. The molecule has 0 radical (unpaired) electrons. The van der Waals surface area contributed by atoms with Crippen molar-refractivity contribution in [1.29, 1.82) is 0 Å². The molecule has 0 aliphatic carbocycles. The van der Waals surface area contributed by atoms with Crippen molar-refractivity contribution >= 4 is 29.3 Å². The second-order valence-corrected chi connectivity index (χ2v) is 9.20. The van der Waals surface area contributed by atoms with Crippen LogP contribution in [-0.4, -0.2) is 65.4 Å². The monoisotopic (exact) mass is 556 g/mol. The van der Waals surface area contributed by atoms with Gasteiger partial charge in [-0.25, -0.2) is 14.6 Å². The summed E-state index contributed by atoms with van der Waals surface area (Å²) in [6, 6.07) is 23.6. The summed E-state index contributed by atoms with van der Waals surface area (Å²) < 4.78 is 31.7. The predicted molar refractivity (Wildman–Crippen MR) is 148 cm³/mol. The molecule has 1 heterocycles. The van der Waals surface area contributed by atoms with E-state index in [-0.39, 0.29) is 5.56 Å². The summed E-state index contributed by atoms with van der Waals surface area (Å²) >= 11 is 0. The zero-order chi connectivity index (χ0) is 29.3. The lowest BCUT2D eigenvalue weighted by molar-refractivity contribution is -0.192. The quantitative estimate of drug-likeness (QED) is 0.285. The first-order chi connectivity index (χ1) is 18.9. The summed E-state index contributed by atoms with van der Waals surface area (Å²) in [6.07, 6.45) is -5.08. The fraction of sp³-hybridized carbons (Fsp3) is 0.276. The number of nitrogens with one attached hydrogen (secondary N) is 1. The second-order valence-electron chi connectivity index (χ2n) is 9.20. The van der Waals surface area contributed by atoms with Crippen LogP contribution in [-0.2, 0) is 11.3 Å². The molecular formula is C29H31F3N4O4. The molecule has 1 saturated heterocycles. The van der Waals surface area contributed by atoms with Gasteiger partial charge in [-0.05, 0) is 54.8 Å². The molecule has 11 heteroatoms. The number of aromatic carboxylic acids is 1. The molecule has 1 aliphatic rings. The molecule has 1 aliphatic heterocycles. The summed E-state index contributed by atoms with van der Waals surface area (Å²) in [4.78, 5) is 29.9. The van der Waals surface area contributed by atoms with Crippen LogP contribution in [0, 0.1) is 13.8 Å². The van der Waals surface area contributed by atoms with Gasteiger partial charge in [-0.1, -0.05) is 48.5 Å². The minimum atomic E-state index is -5.08. The maximum atomic E-state index is 11.4. The molecule has 0 saturated carbocycles. The molecule has 0 spiro atoms. The number of aliphatic imine (C=N–C) groups is 1. The molecule has 40 heavy (non-hydrogen) atoms. The molecule has 0 unspecified atom stereocenters. The van der Waals surface area contributed by atoms with E-state index in [4.69, 9.17) is 14.9 Å². The van der Waals surface area contributed by atoms with E-state index in [2.05, 4.69) is 59.3 Å². The smallest absolute Gasteiger partial charge is 0.478 e. The third-order valence-corrected chi connectivity index (χ3v) is 6.15. The van der Waals surface area contributed by atoms with Crippen LogP contribution in [0.25, 0.3) is 0 Å². The van der Waals surface area contributed by atoms with Crippen molar-refractivity contribution in [3.63, 3.8) is 0 Å². The van der Waals surface area contributed by atoms with E-state index in [1.807, 2.05) is 24.3 Å². The number of rotatable bonds is 5. The van der Waals surface area contributed by atoms with E-state index in [0.29, 0.717) is 6.54 Å². The van der Waals surface area contributed by atoms with Crippen LogP contribution in [0.2, 0.25) is 0 Å². The maximum Gasteiger partial charge on any atom is 0.490 e. The number of anilines is 2. The Bertz CT molecular complexity index is 1340. The maximum absolute atomic E-state index is 11.4. The van der Waals surface area contributed by atoms with Crippen molar-refractivity contribution in [2.45, 2.75) is 26.6 Å². The number of aryl methyl sites for hydroxylation is 2. The van der Waals surface area contributed by atoms with Gasteiger partial charge in [-0.15, -0.1) is 0 Å². The van der Waals surface area contributed by atoms with E-state index in [0.717, 1.165) is 43.4 Å². The number of carbonyl (C=O) groups is 2. The molecule has 3 N–H and O–H groups in total. The number of hydrogen-bond donors (Lipinski definition) is 3. The van der Waals surface area contributed by atoms with E-state index in [1.165, 1.54) is 16.8 Å². The molecule has 3 aromatic carbocycles. The van der Waals surface area contributed by atoms with Gasteiger partial charge in [0.2, 0.25) is 0 Å². The highest BCUT2D eigenvalue weighted by molar-refractivity contribution is 5.96. The Kier molecular flexibility index (Phi) is 10.1. The van der Waals surface area contributed by atoms with Gasteiger partial charge >= 0.3 is 18.1 Å². The lowest BCUT2D eigenvalue weighted by atomic mass is 10.1. The highest BCUT2D eigenvalue weighted by atomic mass is 19.4. The Labute approximate surface area is 230 Å². The number of nitrogens with zero attached hydrogens (tertiary/aromatic N) is 3. The lowest BCUT2D eigenvalue weighted by Crippen LogP contribution is -2.51. The van der Waals surface area contributed by atoms with E-state index < -0.39 is 18.1 Å². The van der Waals surface area contributed by atoms with E-state index >= 15 is 0 Å². The first-order valence-corrected chi connectivity index (χ1v) is 12.5. The van der Waals surface area contributed by atoms with Gasteiger partial charge < -0.3 is 25.3 Å². The van der Waals surface area contributed by atoms with Crippen LogP contribution in [0.1, 0.15) is 27.0 Å². The summed E-state index contributed by atoms with van der Waals surface area (Å²) in [5.74, 6) is -2.93. The van der Waals surface area contributed by atoms with Crippen molar-refractivity contribution in [2.24, 2.45) is 4.99 Å². The van der Waals surface area contributed by atoms with Gasteiger partial charge in [0.1, 0.15) is 0 Å². The summed E-state index contributed by atoms with van der Waals surface area (Å²) in [6.45, 7) is 8.28. The first kappa shape index (κ1) is 30.0. The molecular weight excluding hydrogens is 525 g/mol. The molecule has 212 valence electrons. The normalized spacial score (nSPS) is 13.8. The number of aliphatic carboxylic acids is 1. The van der Waals surface area contributed by atoms with Gasteiger partial charge in [0.05, 0.1) is 12.1 Å². The predicted octanol–water partition coefficient (Wildman–Crippen LogP) is 5.43. The summed E-state index contributed by atoms with van der Waals surface area (Å²) in [5, 5.41) is 19.9. The molecule has 3 aromatic rings. The molecule has 0 atom stereocenters. The Hall–Kier alpha value is -4.54. The van der Waals surface area contributed by atoms with Gasteiger partial charge in [-0.3, -0.25) is 0 Å². The molecule has 4 rings (SSSR count). The number of halogens is 3. The van der Waals surface area contributed by atoms with Gasteiger partial charge in [0.25, 0.3) is 0 Å². The molecule has 1 fully saturated rings. The largest absolute Gasteiger partial charge is 0.490 e. The van der Waals surface area contributed by atoms with Gasteiger partial charge in [0, 0.05) is 37.6 Å². The lowest BCUT2D eigenvalue weighted by Gasteiger charge is -2.38. The van der Waals surface area contributed by atoms with Crippen LogP contribution < -0.4 is 10.2 Å². The van der Waals surface area contributed by atoms with Crippen LogP contribution in [0.15, 0.2) is 77.8 Å². The fourth-order valence-corrected chi connectivity index (χ4v) is 4.05. The Morgan fingerprint density at radius 1 is 0.900 bits per heavy atom. The van der Waals surface area contributed by atoms with Crippen LogP contribution in [0.3, 0.4) is 0 Å². The van der Waals surface area contributed by atoms with Crippen LogP contribution >= 0.6 is 0 Å². The van der Waals surface area contributed by atoms with Crippen molar-refractivity contribution in [3.8, 4) is 0 Å². The van der Waals surface area contributed by atoms with Crippen LogP contribution in [0.5, 0.6) is 0 Å². The number of piperazine rings is 1. The van der Waals surface area contributed by atoms with Crippen molar-refractivity contribution in [3.05, 3.63) is 95.1 Å². The number of hydrogen-bond acceptors (Lipinski definition) is 4. The van der Waals surface area contributed by atoms with Gasteiger partial charge in [-0.2, -0.15) is 13.2 Å². The average Bonchev–Trinajstić information content (AvgIpc) is 2.93. The number of alkyl halides is 3.